The highest BCUT2D eigenvalue weighted by atomic mass is 16.4. The lowest BCUT2D eigenvalue weighted by atomic mass is 9.95. The number of aryl methyl sites for hydroxylation is 1. The van der Waals surface area contributed by atoms with E-state index < -0.39 is 17.8 Å². The molecule has 1 saturated carbocycles. The smallest absolute Gasteiger partial charge is 0.307 e. The van der Waals surface area contributed by atoms with E-state index in [0.717, 1.165) is 6.54 Å². The SMILES string of the molecule is CCn1cnnc1CNC(=O)C1CC(C)CC1C(=O)O. The normalized spacial score (nSPS) is 25.6. The predicted octanol–water partition coefficient (Wildman–Crippen LogP) is 0.661. The summed E-state index contributed by atoms with van der Waals surface area (Å²) < 4.78 is 1.84. The molecule has 7 heteroatoms. The van der Waals surface area contributed by atoms with Crippen molar-refractivity contribution in [3.8, 4) is 0 Å². The summed E-state index contributed by atoms with van der Waals surface area (Å²) in [6.45, 7) is 4.96. The Labute approximate surface area is 117 Å². The van der Waals surface area contributed by atoms with Crippen LogP contribution in [0.4, 0.5) is 0 Å². The zero-order valence-electron chi connectivity index (χ0n) is 11.7. The van der Waals surface area contributed by atoms with Crippen LogP contribution in [-0.4, -0.2) is 31.7 Å². The number of carbonyl (C=O) groups is 2. The predicted molar refractivity (Wildman–Crippen MR) is 70.6 cm³/mol. The lowest BCUT2D eigenvalue weighted by molar-refractivity contribution is -0.146. The van der Waals surface area contributed by atoms with Crippen LogP contribution >= 0.6 is 0 Å². The number of hydrogen-bond donors (Lipinski definition) is 2. The second-order valence-electron chi connectivity index (χ2n) is 5.38. The van der Waals surface area contributed by atoms with Crippen molar-refractivity contribution in [2.75, 3.05) is 0 Å². The molecule has 1 fully saturated rings. The minimum absolute atomic E-state index is 0.201. The summed E-state index contributed by atoms with van der Waals surface area (Å²) in [5.74, 6) is -1.15. The number of amides is 1. The number of carboxylic acid groups (broad SMARTS) is 1. The van der Waals surface area contributed by atoms with Gasteiger partial charge < -0.3 is 15.0 Å². The first-order valence-corrected chi connectivity index (χ1v) is 6.90. The maximum Gasteiger partial charge on any atom is 0.307 e. The van der Waals surface area contributed by atoms with Crippen LogP contribution in [0.3, 0.4) is 0 Å². The van der Waals surface area contributed by atoms with Crippen LogP contribution in [0.15, 0.2) is 6.33 Å². The van der Waals surface area contributed by atoms with E-state index in [4.69, 9.17) is 0 Å². The zero-order chi connectivity index (χ0) is 14.7. The minimum Gasteiger partial charge on any atom is -0.481 e. The van der Waals surface area contributed by atoms with Crippen molar-refractivity contribution in [3.63, 3.8) is 0 Å². The lowest BCUT2D eigenvalue weighted by Gasteiger charge is -2.15. The van der Waals surface area contributed by atoms with Gasteiger partial charge in [-0.3, -0.25) is 9.59 Å². The first-order valence-electron chi connectivity index (χ1n) is 6.90. The number of nitrogens with one attached hydrogen (secondary N) is 1. The van der Waals surface area contributed by atoms with Gasteiger partial charge in [0.1, 0.15) is 6.33 Å². The fourth-order valence-corrected chi connectivity index (χ4v) is 2.83. The van der Waals surface area contributed by atoms with Gasteiger partial charge in [0.15, 0.2) is 5.82 Å². The van der Waals surface area contributed by atoms with E-state index in [9.17, 15) is 14.7 Å². The molecule has 0 radical (unpaired) electrons. The lowest BCUT2D eigenvalue weighted by Crippen LogP contribution is -2.35. The molecule has 7 nitrogen and oxygen atoms in total. The first kappa shape index (κ1) is 14.5. The highest BCUT2D eigenvalue weighted by molar-refractivity contribution is 5.85. The molecule has 1 heterocycles. The molecule has 1 aliphatic rings. The highest BCUT2D eigenvalue weighted by Crippen LogP contribution is 2.36. The molecule has 1 aliphatic carbocycles. The van der Waals surface area contributed by atoms with Crippen LogP contribution in [-0.2, 0) is 22.7 Å². The molecule has 3 unspecified atom stereocenters. The standard InChI is InChI=1S/C13H20N4O3/c1-3-17-7-15-16-11(17)6-14-12(18)9-4-8(2)5-10(9)13(19)20/h7-10H,3-6H2,1-2H3,(H,14,18)(H,19,20). The Morgan fingerprint density at radius 1 is 1.45 bits per heavy atom. The van der Waals surface area contributed by atoms with E-state index in [2.05, 4.69) is 15.5 Å². The Kier molecular flexibility index (Phi) is 4.36. The van der Waals surface area contributed by atoms with Crippen LogP contribution in [0.1, 0.15) is 32.5 Å². The quantitative estimate of drug-likeness (QED) is 0.826. The summed E-state index contributed by atoms with van der Waals surface area (Å²) in [6.07, 6.45) is 2.81. The van der Waals surface area contributed by atoms with Gasteiger partial charge in [-0.2, -0.15) is 0 Å². The van der Waals surface area contributed by atoms with Crippen molar-refractivity contribution in [2.24, 2.45) is 17.8 Å². The highest BCUT2D eigenvalue weighted by Gasteiger charge is 2.41. The number of rotatable bonds is 5. The third-order valence-electron chi connectivity index (χ3n) is 3.91. The number of nitrogens with zero attached hydrogens (tertiary/aromatic N) is 3. The molecule has 0 bridgehead atoms. The van der Waals surface area contributed by atoms with Gasteiger partial charge in [0.25, 0.3) is 0 Å². The third-order valence-corrected chi connectivity index (χ3v) is 3.91. The first-order chi connectivity index (χ1) is 9.52. The Hall–Kier alpha value is -1.92. The molecular formula is C13H20N4O3. The Morgan fingerprint density at radius 2 is 2.15 bits per heavy atom. The van der Waals surface area contributed by atoms with Gasteiger partial charge >= 0.3 is 5.97 Å². The van der Waals surface area contributed by atoms with Crippen molar-refractivity contribution in [1.29, 1.82) is 0 Å². The molecule has 110 valence electrons. The fourth-order valence-electron chi connectivity index (χ4n) is 2.83. The Bertz CT molecular complexity index is 500. The van der Waals surface area contributed by atoms with E-state index in [1.807, 2.05) is 18.4 Å². The Balaban J connectivity index is 1.96. The summed E-state index contributed by atoms with van der Waals surface area (Å²) in [7, 11) is 0. The van der Waals surface area contributed by atoms with Crippen LogP contribution in [0.2, 0.25) is 0 Å². The van der Waals surface area contributed by atoms with Crippen molar-refractivity contribution < 1.29 is 14.7 Å². The molecule has 1 aromatic heterocycles. The van der Waals surface area contributed by atoms with Crippen LogP contribution < -0.4 is 5.32 Å². The maximum absolute atomic E-state index is 12.2. The summed E-state index contributed by atoms with van der Waals surface area (Å²) in [5, 5.41) is 19.7. The number of carboxylic acids is 1. The molecule has 0 aromatic carbocycles. The van der Waals surface area contributed by atoms with Gasteiger partial charge in [-0.15, -0.1) is 10.2 Å². The van der Waals surface area contributed by atoms with Crippen LogP contribution in [0, 0.1) is 17.8 Å². The van der Waals surface area contributed by atoms with Crippen LogP contribution in [0.25, 0.3) is 0 Å². The molecule has 3 atom stereocenters. The molecular weight excluding hydrogens is 260 g/mol. The second kappa shape index (κ2) is 6.02. The largest absolute Gasteiger partial charge is 0.481 e. The minimum atomic E-state index is -0.883. The molecule has 2 rings (SSSR count). The maximum atomic E-state index is 12.2. The molecule has 1 aromatic rings. The number of aromatic nitrogens is 3. The molecule has 0 spiro atoms. The molecule has 1 amide bonds. The van der Waals surface area contributed by atoms with Gasteiger partial charge in [0.05, 0.1) is 18.4 Å². The Morgan fingerprint density at radius 3 is 2.80 bits per heavy atom. The summed E-state index contributed by atoms with van der Waals surface area (Å²) in [6, 6.07) is 0. The van der Waals surface area contributed by atoms with E-state index in [1.54, 1.807) is 6.33 Å². The molecule has 0 aliphatic heterocycles. The van der Waals surface area contributed by atoms with Gasteiger partial charge in [-0.25, -0.2) is 0 Å². The van der Waals surface area contributed by atoms with Crippen molar-refractivity contribution in [1.82, 2.24) is 20.1 Å². The molecule has 0 saturated heterocycles. The van der Waals surface area contributed by atoms with Gasteiger partial charge in [0.2, 0.25) is 5.91 Å². The van der Waals surface area contributed by atoms with Gasteiger partial charge in [-0.05, 0) is 25.7 Å². The fraction of sp³-hybridized carbons (Fsp3) is 0.692. The topological polar surface area (TPSA) is 97.1 Å². The van der Waals surface area contributed by atoms with E-state index >= 15 is 0 Å². The number of aliphatic carboxylic acids is 1. The third kappa shape index (κ3) is 2.97. The monoisotopic (exact) mass is 280 g/mol. The zero-order valence-corrected chi connectivity index (χ0v) is 11.7. The van der Waals surface area contributed by atoms with Crippen molar-refractivity contribution in [2.45, 2.75) is 39.8 Å². The van der Waals surface area contributed by atoms with Gasteiger partial charge in [0, 0.05) is 6.54 Å². The average molecular weight is 280 g/mol. The summed E-state index contributed by atoms with van der Waals surface area (Å²) >= 11 is 0. The van der Waals surface area contributed by atoms with Crippen molar-refractivity contribution >= 4 is 11.9 Å². The average Bonchev–Trinajstić information content (AvgIpc) is 3.01. The number of hydrogen-bond acceptors (Lipinski definition) is 4. The second-order valence-corrected chi connectivity index (χ2v) is 5.38. The summed E-state index contributed by atoms with van der Waals surface area (Å²) in [5.41, 5.74) is 0. The van der Waals surface area contributed by atoms with E-state index in [0.29, 0.717) is 18.7 Å². The molecule has 20 heavy (non-hydrogen) atoms. The summed E-state index contributed by atoms with van der Waals surface area (Å²) in [4.78, 5) is 23.4. The van der Waals surface area contributed by atoms with E-state index in [-0.39, 0.29) is 18.4 Å². The number of carbonyl (C=O) groups excluding carboxylic acids is 1. The van der Waals surface area contributed by atoms with Gasteiger partial charge in [-0.1, -0.05) is 6.92 Å². The van der Waals surface area contributed by atoms with E-state index in [1.165, 1.54) is 0 Å². The van der Waals surface area contributed by atoms with Crippen molar-refractivity contribution in [3.05, 3.63) is 12.2 Å². The van der Waals surface area contributed by atoms with Crippen LogP contribution in [0.5, 0.6) is 0 Å². The molecule has 2 N–H and O–H groups in total.